The Bertz CT molecular complexity index is 304. The van der Waals surface area contributed by atoms with Gasteiger partial charge >= 0.3 is 0 Å². The van der Waals surface area contributed by atoms with Crippen LogP contribution in [0.3, 0.4) is 0 Å². The zero-order chi connectivity index (χ0) is 10.7. The SMILES string of the molecule is NC(c1ccc(F)cc1)C1CCCCN1. The van der Waals surface area contributed by atoms with Crippen molar-refractivity contribution < 1.29 is 4.39 Å². The minimum absolute atomic E-state index is 0.0223. The summed E-state index contributed by atoms with van der Waals surface area (Å²) in [6.45, 7) is 1.04. The molecule has 82 valence electrons. The topological polar surface area (TPSA) is 38.0 Å². The fraction of sp³-hybridized carbons (Fsp3) is 0.500. The third-order valence-electron chi connectivity index (χ3n) is 3.04. The van der Waals surface area contributed by atoms with Crippen LogP contribution in [0.15, 0.2) is 24.3 Å². The lowest BCUT2D eigenvalue weighted by molar-refractivity contribution is 0.353. The van der Waals surface area contributed by atoms with Crippen LogP contribution in [0.2, 0.25) is 0 Å². The molecule has 1 saturated heterocycles. The van der Waals surface area contributed by atoms with Gasteiger partial charge in [-0.05, 0) is 37.1 Å². The second-order valence-electron chi connectivity index (χ2n) is 4.13. The Morgan fingerprint density at radius 1 is 1.27 bits per heavy atom. The maximum atomic E-state index is 12.7. The van der Waals surface area contributed by atoms with Gasteiger partial charge in [-0.3, -0.25) is 0 Å². The second-order valence-corrected chi connectivity index (χ2v) is 4.13. The summed E-state index contributed by atoms with van der Waals surface area (Å²) in [5, 5.41) is 3.41. The van der Waals surface area contributed by atoms with Crippen molar-refractivity contribution in [2.24, 2.45) is 5.73 Å². The molecule has 0 radical (unpaired) electrons. The average molecular weight is 208 g/mol. The molecule has 2 rings (SSSR count). The van der Waals surface area contributed by atoms with E-state index in [1.807, 2.05) is 0 Å². The van der Waals surface area contributed by atoms with E-state index in [1.165, 1.54) is 25.0 Å². The monoisotopic (exact) mass is 208 g/mol. The molecule has 0 bridgehead atoms. The predicted molar refractivity (Wildman–Crippen MR) is 59.0 cm³/mol. The van der Waals surface area contributed by atoms with Crippen molar-refractivity contribution in [1.29, 1.82) is 0 Å². The van der Waals surface area contributed by atoms with Gasteiger partial charge in [0.05, 0.1) is 0 Å². The van der Waals surface area contributed by atoms with Crippen molar-refractivity contribution in [3.63, 3.8) is 0 Å². The van der Waals surface area contributed by atoms with E-state index < -0.39 is 0 Å². The zero-order valence-corrected chi connectivity index (χ0v) is 8.75. The summed E-state index contributed by atoms with van der Waals surface area (Å²) in [6, 6.07) is 6.80. The first-order valence-corrected chi connectivity index (χ1v) is 5.52. The van der Waals surface area contributed by atoms with Crippen LogP contribution in [-0.2, 0) is 0 Å². The van der Waals surface area contributed by atoms with Crippen molar-refractivity contribution in [1.82, 2.24) is 5.32 Å². The molecule has 2 atom stereocenters. The van der Waals surface area contributed by atoms with Gasteiger partial charge in [0.2, 0.25) is 0 Å². The minimum atomic E-state index is -0.206. The van der Waals surface area contributed by atoms with Crippen LogP contribution in [0.1, 0.15) is 30.9 Å². The summed E-state index contributed by atoms with van der Waals surface area (Å²) in [5.41, 5.74) is 7.14. The van der Waals surface area contributed by atoms with Gasteiger partial charge in [-0.25, -0.2) is 4.39 Å². The normalized spacial score (nSPS) is 23.7. The Morgan fingerprint density at radius 3 is 2.60 bits per heavy atom. The van der Waals surface area contributed by atoms with Gasteiger partial charge in [-0.15, -0.1) is 0 Å². The van der Waals surface area contributed by atoms with Crippen molar-refractivity contribution in [2.75, 3.05) is 6.54 Å². The van der Waals surface area contributed by atoms with Gasteiger partial charge in [0.15, 0.2) is 0 Å². The zero-order valence-electron chi connectivity index (χ0n) is 8.75. The molecule has 1 aliphatic rings. The number of rotatable bonds is 2. The van der Waals surface area contributed by atoms with E-state index in [0.717, 1.165) is 18.5 Å². The quantitative estimate of drug-likeness (QED) is 0.779. The van der Waals surface area contributed by atoms with Crippen molar-refractivity contribution in [2.45, 2.75) is 31.3 Å². The van der Waals surface area contributed by atoms with Crippen LogP contribution >= 0.6 is 0 Å². The van der Waals surface area contributed by atoms with Crippen LogP contribution in [0.4, 0.5) is 4.39 Å². The Labute approximate surface area is 89.7 Å². The maximum Gasteiger partial charge on any atom is 0.123 e. The van der Waals surface area contributed by atoms with E-state index in [4.69, 9.17) is 5.73 Å². The van der Waals surface area contributed by atoms with Gasteiger partial charge < -0.3 is 11.1 Å². The summed E-state index contributed by atoms with van der Waals surface area (Å²) >= 11 is 0. The van der Waals surface area contributed by atoms with Crippen LogP contribution in [0, 0.1) is 5.82 Å². The molecule has 1 aromatic carbocycles. The highest BCUT2D eigenvalue weighted by Crippen LogP contribution is 2.20. The molecule has 1 heterocycles. The fourth-order valence-electron chi connectivity index (χ4n) is 2.10. The Morgan fingerprint density at radius 2 is 2.00 bits per heavy atom. The summed E-state index contributed by atoms with van der Waals surface area (Å²) in [5.74, 6) is -0.206. The molecule has 0 aliphatic carbocycles. The van der Waals surface area contributed by atoms with Gasteiger partial charge in [0.25, 0.3) is 0 Å². The number of nitrogens with two attached hydrogens (primary N) is 1. The van der Waals surface area contributed by atoms with E-state index >= 15 is 0 Å². The molecule has 2 unspecified atom stereocenters. The summed E-state index contributed by atoms with van der Waals surface area (Å²) in [6.07, 6.45) is 3.57. The molecule has 0 aromatic heterocycles. The van der Waals surface area contributed by atoms with E-state index in [-0.39, 0.29) is 11.9 Å². The third-order valence-corrected chi connectivity index (χ3v) is 3.04. The summed E-state index contributed by atoms with van der Waals surface area (Å²) in [4.78, 5) is 0. The largest absolute Gasteiger partial charge is 0.323 e. The van der Waals surface area contributed by atoms with Gasteiger partial charge in [0.1, 0.15) is 5.82 Å². The number of halogens is 1. The maximum absolute atomic E-state index is 12.7. The lowest BCUT2D eigenvalue weighted by Gasteiger charge is -2.29. The van der Waals surface area contributed by atoms with Gasteiger partial charge in [0, 0.05) is 12.1 Å². The Balaban J connectivity index is 2.05. The van der Waals surface area contributed by atoms with Crippen LogP contribution in [-0.4, -0.2) is 12.6 Å². The molecule has 1 aromatic rings. The first kappa shape index (κ1) is 10.6. The Hall–Kier alpha value is -0.930. The lowest BCUT2D eigenvalue weighted by atomic mass is 9.93. The molecule has 2 nitrogen and oxygen atoms in total. The van der Waals surface area contributed by atoms with Crippen molar-refractivity contribution >= 4 is 0 Å². The van der Waals surface area contributed by atoms with Crippen LogP contribution < -0.4 is 11.1 Å². The van der Waals surface area contributed by atoms with E-state index in [0.29, 0.717) is 6.04 Å². The first-order valence-electron chi connectivity index (χ1n) is 5.52. The molecule has 1 fully saturated rings. The number of piperidine rings is 1. The van der Waals surface area contributed by atoms with E-state index in [2.05, 4.69) is 5.32 Å². The predicted octanol–water partition coefficient (Wildman–Crippen LogP) is 1.97. The van der Waals surface area contributed by atoms with Gasteiger partial charge in [-0.1, -0.05) is 18.6 Å². The number of hydrogen-bond donors (Lipinski definition) is 2. The molecular formula is C12H17FN2. The molecule has 3 N–H and O–H groups in total. The third kappa shape index (κ3) is 2.55. The average Bonchev–Trinajstić information content (AvgIpc) is 2.30. The molecule has 3 heteroatoms. The summed E-state index contributed by atoms with van der Waals surface area (Å²) < 4.78 is 12.7. The lowest BCUT2D eigenvalue weighted by Crippen LogP contribution is -2.42. The molecular weight excluding hydrogens is 191 g/mol. The van der Waals surface area contributed by atoms with E-state index in [9.17, 15) is 4.39 Å². The second kappa shape index (κ2) is 4.73. The highest BCUT2D eigenvalue weighted by Gasteiger charge is 2.20. The molecule has 0 spiro atoms. The van der Waals surface area contributed by atoms with E-state index in [1.54, 1.807) is 12.1 Å². The number of hydrogen-bond acceptors (Lipinski definition) is 2. The molecule has 1 aliphatic heterocycles. The van der Waals surface area contributed by atoms with Crippen molar-refractivity contribution in [3.8, 4) is 0 Å². The van der Waals surface area contributed by atoms with Crippen LogP contribution in [0.25, 0.3) is 0 Å². The van der Waals surface area contributed by atoms with Crippen molar-refractivity contribution in [3.05, 3.63) is 35.6 Å². The van der Waals surface area contributed by atoms with Crippen LogP contribution in [0.5, 0.6) is 0 Å². The fourth-order valence-corrected chi connectivity index (χ4v) is 2.10. The molecule has 0 saturated carbocycles. The highest BCUT2D eigenvalue weighted by molar-refractivity contribution is 5.21. The summed E-state index contributed by atoms with van der Waals surface area (Å²) in [7, 11) is 0. The Kier molecular flexibility index (Phi) is 3.34. The first-order chi connectivity index (χ1) is 7.27. The smallest absolute Gasteiger partial charge is 0.123 e. The van der Waals surface area contributed by atoms with Gasteiger partial charge in [-0.2, -0.15) is 0 Å². The standard InChI is InChI=1S/C12H17FN2/c13-10-6-4-9(5-7-10)12(14)11-3-1-2-8-15-11/h4-7,11-12,15H,1-3,8,14H2. The molecule has 0 amide bonds. The minimum Gasteiger partial charge on any atom is -0.323 e. The molecule has 15 heavy (non-hydrogen) atoms. The number of nitrogens with one attached hydrogen (secondary N) is 1. The number of benzene rings is 1. The highest BCUT2D eigenvalue weighted by atomic mass is 19.1.